The lowest BCUT2D eigenvalue weighted by atomic mass is 10.1. The molecule has 4 nitrogen and oxygen atoms in total. The molecule has 1 aromatic rings. The number of carboxylic acids is 1. The third kappa shape index (κ3) is 3.88. The molecule has 0 heterocycles. The lowest BCUT2D eigenvalue weighted by Gasteiger charge is -2.13. The van der Waals surface area contributed by atoms with E-state index in [1.807, 2.05) is 6.92 Å². The molecule has 0 saturated carbocycles. The number of anilines is 1. The van der Waals surface area contributed by atoms with Gasteiger partial charge in [0.2, 0.25) is 0 Å². The lowest BCUT2D eigenvalue weighted by molar-refractivity contribution is -0.255. The van der Waals surface area contributed by atoms with Crippen LogP contribution in [0.4, 0.5) is 5.69 Å². The van der Waals surface area contributed by atoms with Crippen LogP contribution in [0, 0.1) is 6.92 Å². The van der Waals surface area contributed by atoms with Crippen molar-refractivity contribution in [2.75, 3.05) is 11.9 Å². The van der Waals surface area contributed by atoms with Crippen molar-refractivity contribution in [2.24, 2.45) is 0 Å². The molecule has 0 aromatic heterocycles. The quantitative estimate of drug-likeness (QED) is 0.611. The Morgan fingerprint density at radius 1 is 1.59 bits per heavy atom. The van der Waals surface area contributed by atoms with Gasteiger partial charge in [-0.2, -0.15) is 0 Å². The van der Waals surface area contributed by atoms with Crippen molar-refractivity contribution >= 4 is 29.0 Å². The molecule has 0 atom stereocenters. The number of aryl methyl sites for hydroxylation is 1. The molecular weight excluding hydrogens is 236 g/mol. The van der Waals surface area contributed by atoms with E-state index in [1.54, 1.807) is 12.1 Å². The minimum atomic E-state index is -1.21. The number of hydrogen-bond acceptors (Lipinski definition) is 3. The van der Waals surface area contributed by atoms with Crippen LogP contribution < -0.4 is 15.7 Å². The van der Waals surface area contributed by atoms with Crippen molar-refractivity contribution in [1.82, 2.24) is 5.32 Å². The van der Waals surface area contributed by atoms with Crippen molar-refractivity contribution in [2.45, 2.75) is 6.92 Å². The molecule has 0 bridgehead atoms. The van der Waals surface area contributed by atoms with E-state index in [1.165, 1.54) is 12.1 Å². The largest absolute Gasteiger partial charge is 0.545 e. The van der Waals surface area contributed by atoms with E-state index in [0.717, 1.165) is 5.56 Å². The monoisotopic (exact) mass is 249 g/mol. The fraction of sp³-hybridized carbons (Fsp3) is 0.167. The molecule has 0 saturated heterocycles. The van der Waals surface area contributed by atoms with Gasteiger partial charge in [0, 0.05) is 12.2 Å². The van der Waals surface area contributed by atoms with E-state index < -0.39 is 5.97 Å². The Bertz CT molecular complexity index is 458. The molecule has 0 unspecified atom stereocenters. The average Bonchev–Trinajstić information content (AvgIpc) is 2.29. The standard InChI is InChI=1S/C12H14N2O2S/c1-3-6-13-12(17)14-10-7-9(11(15)16)5-4-8(10)2/h3-5,7H,1,6H2,2H3,(H,15,16)(H2,13,14,17)/p-1. The fourth-order valence-electron chi connectivity index (χ4n) is 1.22. The fourth-order valence-corrected chi connectivity index (χ4v) is 1.41. The minimum Gasteiger partial charge on any atom is -0.545 e. The van der Waals surface area contributed by atoms with Gasteiger partial charge in [-0.3, -0.25) is 0 Å². The van der Waals surface area contributed by atoms with E-state index in [2.05, 4.69) is 17.2 Å². The molecule has 0 aliphatic heterocycles. The number of hydrogen-bond donors (Lipinski definition) is 2. The summed E-state index contributed by atoms with van der Waals surface area (Å²) in [6.07, 6.45) is 1.68. The first-order valence-corrected chi connectivity index (χ1v) is 5.43. The Kier molecular flexibility index (Phi) is 4.66. The van der Waals surface area contributed by atoms with Crippen LogP contribution in [0.2, 0.25) is 0 Å². The molecular formula is C12H13N2O2S-. The van der Waals surface area contributed by atoms with Gasteiger partial charge in [0.1, 0.15) is 0 Å². The maximum absolute atomic E-state index is 10.7. The Morgan fingerprint density at radius 2 is 2.29 bits per heavy atom. The first kappa shape index (κ1) is 13.2. The highest BCUT2D eigenvalue weighted by atomic mass is 32.1. The highest BCUT2D eigenvalue weighted by Crippen LogP contribution is 2.16. The van der Waals surface area contributed by atoms with Gasteiger partial charge in [-0.1, -0.05) is 18.2 Å². The molecule has 0 spiro atoms. The second kappa shape index (κ2) is 6.00. The number of carbonyl (C=O) groups excluding carboxylic acids is 1. The Morgan fingerprint density at radius 3 is 2.88 bits per heavy atom. The SMILES string of the molecule is C=CCNC(=S)Nc1cc(C(=O)[O-])ccc1C. The van der Waals surface area contributed by atoms with E-state index in [9.17, 15) is 9.90 Å². The van der Waals surface area contributed by atoms with Crippen LogP contribution in [0.25, 0.3) is 0 Å². The van der Waals surface area contributed by atoms with E-state index in [4.69, 9.17) is 12.2 Å². The van der Waals surface area contributed by atoms with Crippen LogP contribution >= 0.6 is 12.2 Å². The predicted molar refractivity (Wildman–Crippen MR) is 69.9 cm³/mol. The lowest BCUT2D eigenvalue weighted by Crippen LogP contribution is -2.29. The topological polar surface area (TPSA) is 64.2 Å². The van der Waals surface area contributed by atoms with Crippen LogP contribution in [-0.2, 0) is 0 Å². The summed E-state index contributed by atoms with van der Waals surface area (Å²) >= 11 is 5.04. The molecule has 0 radical (unpaired) electrons. The summed E-state index contributed by atoms with van der Waals surface area (Å²) in [7, 11) is 0. The van der Waals surface area contributed by atoms with Crippen molar-refractivity contribution in [3.05, 3.63) is 42.0 Å². The van der Waals surface area contributed by atoms with Gasteiger partial charge < -0.3 is 20.5 Å². The Balaban J connectivity index is 2.82. The van der Waals surface area contributed by atoms with Gasteiger partial charge >= 0.3 is 0 Å². The minimum absolute atomic E-state index is 0.115. The smallest absolute Gasteiger partial charge is 0.171 e. The van der Waals surface area contributed by atoms with Crippen molar-refractivity contribution in [1.29, 1.82) is 0 Å². The molecule has 0 amide bonds. The normalized spacial score (nSPS) is 9.47. The molecule has 0 fully saturated rings. The summed E-state index contributed by atoms with van der Waals surface area (Å²) < 4.78 is 0. The van der Waals surface area contributed by atoms with Crippen molar-refractivity contribution in [3.63, 3.8) is 0 Å². The number of aromatic carboxylic acids is 1. The number of thiocarbonyl (C=S) groups is 1. The zero-order valence-electron chi connectivity index (χ0n) is 9.45. The van der Waals surface area contributed by atoms with Gasteiger partial charge in [0.05, 0.1) is 5.97 Å². The second-order valence-electron chi connectivity index (χ2n) is 3.44. The molecule has 0 aliphatic rings. The van der Waals surface area contributed by atoms with Crippen molar-refractivity contribution in [3.8, 4) is 0 Å². The zero-order chi connectivity index (χ0) is 12.8. The summed E-state index contributed by atoms with van der Waals surface area (Å²) in [5, 5.41) is 17.0. The maximum atomic E-state index is 10.7. The van der Waals surface area contributed by atoms with Gasteiger partial charge in [-0.15, -0.1) is 6.58 Å². The van der Waals surface area contributed by atoms with Gasteiger partial charge in [-0.25, -0.2) is 0 Å². The summed E-state index contributed by atoms with van der Waals surface area (Å²) in [6, 6.07) is 4.69. The molecule has 5 heteroatoms. The van der Waals surface area contributed by atoms with Crippen LogP contribution in [0.5, 0.6) is 0 Å². The first-order chi connectivity index (χ1) is 8.04. The van der Waals surface area contributed by atoms with E-state index >= 15 is 0 Å². The first-order valence-electron chi connectivity index (χ1n) is 5.02. The maximum Gasteiger partial charge on any atom is 0.171 e. The third-order valence-corrected chi connectivity index (χ3v) is 2.37. The number of carbonyl (C=O) groups is 1. The van der Waals surface area contributed by atoms with Crippen LogP contribution in [0.15, 0.2) is 30.9 Å². The average molecular weight is 249 g/mol. The summed E-state index contributed by atoms with van der Waals surface area (Å²) in [4.78, 5) is 10.7. The zero-order valence-corrected chi connectivity index (χ0v) is 10.3. The number of nitrogens with one attached hydrogen (secondary N) is 2. The number of carboxylic acid groups (broad SMARTS) is 1. The Hall–Kier alpha value is -1.88. The molecule has 0 aliphatic carbocycles. The Labute approximate surface area is 105 Å². The second-order valence-corrected chi connectivity index (χ2v) is 3.85. The van der Waals surface area contributed by atoms with Gasteiger partial charge in [0.15, 0.2) is 5.11 Å². The summed E-state index contributed by atoms with van der Waals surface area (Å²) in [6.45, 7) is 5.96. The van der Waals surface area contributed by atoms with Crippen LogP contribution in [0.3, 0.4) is 0 Å². The summed E-state index contributed by atoms with van der Waals surface area (Å²) in [5.41, 5.74) is 1.66. The van der Waals surface area contributed by atoms with Gasteiger partial charge in [0.25, 0.3) is 0 Å². The third-order valence-electron chi connectivity index (χ3n) is 2.13. The highest BCUT2D eigenvalue weighted by molar-refractivity contribution is 7.80. The van der Waals surface area contributed by atoms with Crippen molar-refractivity contribution < 1.29 is 9.90 Å². The van der Waals surface area contributed by atoms with E-state index in [0.29, 0.717) is 17.3 Å². The van der Waals surface area contributed by atoms with Crippen LogP contribution in [0.1, 0.15) is 15.9 Å². The number of rotatable bonds is 4. The van der Waals surface area contributed by atoms with Gasteiger partial charge in [-0.05, 0) is 36.3 Å². The molecule has 2 N–H and O–H groups in total. The van der Waals surface area contributed by atoms with E-state index in [-0.39, 0.29) is 5.56 Å². The number of benzene rings is 1. The predicted octanol–water partition coefficient (Wildman–Crippen LogP) is 0.831. The molecule has 17 heavy (non-hydrogen) atoms. The summed E-state index contributed by atoms with van der Waals surface area (Å²) in [5.74, 6) is -1.21. The molecule has 1 rings (SSSR count). The molecule has 1 aromatic carbocycles. The molecule has 90 valence electrons. The van der Waals surface area contributed by atoms with Crippen LogP contribution in [-0.4, -0.2) is 17.6 Å². The highest BCUT2D eigenvalue weighted by Gasteiger charge is 2.02.